The second-order valence-electron chi connectivity index (χ2n) is 9.17. The van der Waals surface area contributed by atoms with Crippen molar-refractivity contribution in [3.63, 3.8) is 0 Å². The Labute approximate surface area is 158 Å². The molecule has 0 radical (unpaired) electrons. The zero-order chi connectivity index (χ0) is 18.5. The molecule has 0 aromatic heterocycles. The Balaban J connectivity index is 1.43. The standard InChI is InChI=1S/C24H36F2/c1-3-4-18-5-9-20(10-6-18)17(2)15-19-7-11-21(12-8-19)22-13-14-23(25)24(26)16-22/h13-14,16-21H,3-12,15H2,1-2H3/t17-,18-,19?,20-,21?/m1/s1. The molecule has 0 N–H and O–H groups in total. The molecule has 0 unspecified atom stereocenters. The molecule has 0 amide bonds. The van der Waals surface area contributed by atoms with E-state index in [-0.39, 0.29) is 0 Å². The number of rotatable bonds is 6. The lowest BCUT2D eigenvalue weighted by Crippen LogP contribution is -2.23. The normalized spacial score (nSPS) is 30.9. The summed E-state index contributed by atoms with van der Waals surface area (Å²) in [6.45, 7) is 4.79. The van der Waals surface area contributed by atoms with Crippen molar-refractivity contribution in [2.24, 2.45) is 23.7 Å². The fraction of sp³-hybridized carbons (Fsp3) is 0.750. The number of hydrogen-bond acceptors (Lipinski definition) is 0. The molecule has 1 aromatic rings. The lowest BCUT2D eigenvalue weighted by Gasteiger charge is -2.36. The van der Waals surface area contributed by atoms with Crippen molar-refractivity contribution in [3.8, 4) is 0 Å². The Bertz CT molecular complexity index is 551. The van der Waals surface area contributed by atoms with E-state index in [4.69, 9.17) is 0 Å². The number of halogens is 2. The van der Waals surface area contributed by atoms with E-state index < -0.39 is 11.6 Å². The molecule has 0 nitrogen and oxygen atoms in total. The van der Waals surface area contributed by atoms with Crippen LogP contribution in [-0.2, 0) is 0 Å². The predicted molar refractivity (Wildman–Crippen MR) is 105 cm³/mol. The van der Waals surface area contributed by atoms with Gasteiger partial charge < -0.3 is 0 Å². The summed E-state index contributed by atoms with van der Waals surface area (Å²) >= 11 is 0. The van der Waals surface area contributed by atoms with E-state index in [0.29, 0.717) is 5.92 Å². The van der Waals surface area contributed by atoms with Gasteiger partial charge in [-0.3, -0.25) is 0 Å². The molecule has 0 spiro atoms. The van der Waals surface area contributed by atoms with Crippen molar-refractivity contribution in [3.05, 3.63) is 35.4 Å². The van der Waals surface area contributed by atoms with E-state index in [0.717, 1.165) is 42.1 Å². The first-order valence-electron chi connectivity index (χ1n) is 11.0. The third-order valence-electron chi connectivity index (χ3n) is 7.36. The molecule has 1 aromatic carbocycles. The molecule has 3 rings (SSSR count). The Kier molecular flexibility index (Phi) is 7.12. The molecule has 0 aliphatic heterocycles. The topological polar surface area (TPSA) is 0 Å². The third-order valence-corrected chi connectivity index (χ3v) is 7.36. The number of benzene rings is 1. The summed E-state index contributed by atoms with van der Waals surface area (Å²) in [6, 6.07) is 4.48. The molecule has 2 heteroatoms. The molecule has 0 bridgehead atoms. The molecule has 2 aliphatic carbocycles. The average Bonchev–Trinajstić information content (AvgIpc) is 2.65. The maximum absolute atomic E-state index is 13.5. The summed E-state index contributed by atoms with van der Waals surface area (Å²) in [5.41, 5.74) is 0.990. The van der Waals surface area contributed by atoms with E-state index >= 15 is 0 Å². The van der Waals surface area contributed by atoms with Gasteiger partial charge in [-0.15, -0.1) is 0 Å². The summed E-state index contributed by atoms with van der Waals surface area (Å²) < 4.78 is 26.6. The quantitative estimate of drug-likeness (QED) is 0.483. The predicted octanol–water partition coefficient (Wildman–Crippen LogP) is 7.87. The minimum atomic E-state index is -0.732. The second kappa shape index (κ2) is 9.33. The first-order chi connectivity index (χ1) is 12.6. The molecule has 2 fully saturated rings. The lowest BCUT2D eigenvalue weighted by molar-refractivity contribution is 0.169. The Hall–Kier alpha value is -0.920. The van der Waals surface area contributed by atoms with Crippen LogP contribution in [0, 0.1) is 35.3 Å². The van der Waals surface area contributed by atoms with Crippen LogP contribution in [0.15, 0.2) is 18.2 Å². The van der Waals surface area contributed by atoms with Crippen LogP contribution in [0.3, 0.4) is 0 Å². The van der Waals surface area contributed by atoms with Crippen LogP contribution in [0.1, 0.15) is 96.0 Å². The summed E-state index contributed by atoms with van der Waals surface area (Å²) in [5.74, 6) is 2.60. The average molecular weight is 363 g/mol. The minimum absolute atomic E-state index is 0.418. The highest BCUT2D eigenvalue weighted by atomic mass is 19.2. The van der Waals surface area contributed by atoms with Gasteiger partial charge in [0.05, 0.1) is 0 Å². The Morgan fingerprint density at radius 3 is 2.15 bits per heavy atom. The molecule has 1 atom stereocenters. The van der Waals surface area contributed by atoms with Crippen molar-refractivity contribution < 1.29 is 8.78 Å². The maximum Gasteiger partial charge on any atom is 0.159 e. The second-order valence-corrected chi connectivity index (χ2v) is 9.17. The van der Waals surface area contributed by atoms with Gasteiger partial charge in [-0.25, -0.2) is 8.78 Å². The first kappa shape index (κ1) is 19.8. The smallest absolute Gasteiger partial charge is 0.159 e. The van der Waals surface area contributed by atoms with Crippen LogP contribution in [-0.4, -0.2) is 0 Å². The lowest BCUT2D eigenvalue weighted by atomic mass is 9.70. The van der Waals surface area contributed by atoms with Gasteiger partial charge in [0.15, 0.2) is 11.6 Å². The van der Waals surface area contributed by atoms with Gasteiger partial charge in [0, 0.05) is 0 Å². The fourth-order valence-electron chi connectivity index (χ4n) is 5.67. The molecule has 0 saturated heterocycles. The van der Waals surface area contributed by atoms with Crippen molar-refractivity contribution in [1.29, 1.82) is 0 Å². The highest BCUT2D eigenvalue weighted by molar-refractivity contribution is 5.22. The first-order valence-corrected chi connectivity index (χ1v) is 11.0. The van der Waals surface area contributed by atoms with Crippen LogP contribution in [0.2, 0.25) is 0 Å². The molecule has 0 heterocycles. The largest absolute Gasteiger partial charge is 0.204 e. The highest BCUT2D eigenvalue weighted by Crippen LogP contribution is 2.42. The van der Waals surface area contributed by atoms with Crippen molar-refractivity contribution in [1.82, 2.24) is 0 Å². The van der Waals surface area contributed by atoms with E-state index in [2.05, 4.69) is 13.8 Å². The monoisotopic (exact) mass is 362 g/mol. The van der Waals surface area contributed by atoms with Gasteiger partial charge in [0.2, 0.25) is 0 Å². The van der Waals surface area contributed by atoms with E-state index in [1.807, 2.05) is 0 Å². The number of hydrogen-bond donors (Lipinski definition) is 0. The van der Waals surface area contributed by atoms with Gasteiger partial charge in [0.25, 0.3) is 0 Å². The summed E-state index contributed by atoms with van der Waals surface area (Å²) in [4.78, 5) is 0. The van der Waals surface area contributed by atoms with Crippen LogP contribution in [0.25, 0.3) is 0 Å². The zero-order valence-electron chi connectivity index (χ0n) is 16.7. The van der Waals surface area contributed by atoms with Crippen molar-refractivity contribution in [2.75, 3.05) is 0 Å². The van der Waals surface area contributed by atoms with Crippen molar-refractivity contribution >= 4 is 0 Å². The Morgan fingerprint density at radius 2 is 1.54 bits per heavy atom. The fourth-order valence-corrected chi connectivity index (χ4v) is 5.67. The van der Waals surface area contributed by atoms with Crippen LogP contribution in [0.5, 0.6) is 0 Å². The van der Waals surface area contributed by atoms with Crippen LogP contribution in [0.4, 0.5) is 8.78 Å². The van der Waals surface area contributed by atoms with Gasteiger partial charge in [0.1, 0.15) is 0 Å². The summed E-state index contributed by atoms with van der Waals surface area (Å²) in [7, 11) is 0. The highest BCUT2D eigenvalue weighted by Gasteiger charge is 2.29. The van der Waals surface area contributed by atoms with Gasteiger partial charge in [-0.05, 0) is 92.2 Å². The SMILES string of the molecule is CCC[C@H]1CC[C@H]([C@H](C)CC2CCC(c3ccc(F)c(F)c3)CC2)CC1. The molecular weight excluding hydrogens is 326 g/mol. The molecule has 26 heavy (non-hydrogen) atoms. The third kappa shape index (κ3) is 5.08. The van der Waals surface area contributed by atoms with E-state index in [9.17, 15) is 8.78 Å². The summed E-state index contributed by atoms with van der Waals surface area (Å²) in [6.07, 6.45) is 14.7. The van der Waals surface area contributed by atoms with Crippen LogP contribution >= 0.6 is 0 Å². The van der Waals surface area contributed by atoms with Crippen LogP contribution < -0.4 is 0 Å². The molecule has 146 valence electrons. The van der Waals surface area contributed by atoms with E-state index in [1.54, 1.807) is 6.07 Å². The zero-order valence-corrected chi connectivity index (χ0v) is 16.7. The molecular formula is C24H36F2. The maximum atomic E-state index is 13.5. The van der Waals surface area contributed by atoms with Gasteiger partial charge >= 0.3 is 0 Å². The summed E-state index contributed by atoms with van der Waals surface area (Å²) in [5, 5.41) is 0. The Morgan fingerprint density at radius 1 is 0.885 bits per heavy atom. The van der Waals surface area contributed by atoms with Gasteiger partial charge in [-0.1, -0.05) is 45.6 Å². The minimum Gasteiger partial charge on any atom is -0.204 e. The van der Waals surface area contributed by atoms with Crippen molar-refractivity contribution in [2.45, 2.75) is 90.4 Å². The molecule has 2 saturated carbocycles. The van der Waals surface area contributed by atoms with E-state index in [1.165, 1.54) is 69.9 Å². The molecule has 2 aliphatic rings. The van der Waals surface area contributed by atoms with Gasteiger partial charge in [-0.2, -0.15) is 0 Å².